The number of fused-ring (bicyclic) bond motifs is 1. The SMILES string of the molecule is CC(C)c1ccccc1[C@@H]1CCCN1C1CC2(CCN(c3cc(Oc4cnc5[nH]ccc5c4)c(C(=O)NS(=O)(=O)c4ccc(NCC5(F)CCN(C(C(F)(F)F)C(F)(F)F)CC5)c([N+](=O)[O-])c4)cn3)CC2)C1. The Kier molecular flexibility index (Phi) is 13.7. The number of hydrogen-bond acceptors (Lipinski definition) is 12. The number of nitrogens with one attached hydrogen (secondary N) is 3. The molecular weight excluding hydrogens is 976 g/mol. The van der Waals surface area contributed by atoms with Crippen LogP contribution in [0.5, 0.6) is 11.5 Å². The van der Waals surface area contributed by atoms with E-state index >= 15 is 4.39 Å². The van der Waals surface area contributed by atoms with Crippen LogP contribution < -0.4 is 19.7 Å². The molecule has 0 radical (unpaired) electrons. The number of amides is 1. The van der Waals surface area contributed by atoms with Crippen molar-refractivity contribution in [1.82, 2.24) is 29.5 Å². The van der Waals surface area contributed by atoms with Crippen LogP contribution in [-0.4, -0.2) is 113 Å². The number of H-pyrrole nitrogens is 1. The number of nitrogens with zero attached hydrogens (tertiary/aromatic N) is 6. The Balaban J connectivity index is 0.877. The van der Waals surface area contributed by atoms with E-state index in [1.54, 1.807) is 24.4 Å². The molecule has 2 aromatic carbocycles. The van der Waals surface area contributed by atoms with Crippen molar-refractivity contribution >= 4 is 44.2 Å². The van der Waals surface area contributed by atoms with Crippen LogP contribution in [0.2, 0.25) is 0 Å². The highest BCUT2D eigenvalue weighted by Crippen LogP contribution is 2.54. The standard InChI is InChI=1S/C49H54F7N9O6S/c1-30(2)35-6-3-4-7-36(35)39-8-5-17-64(39)32-25-46(26-32)12-18-62(19-13-46)42-24-41(71-33-22-31-11-16-57-43(31)59-27-33)37(28-58-42)44(66)61-72(69,70)34-9-10-38(40(23-34)65(67)68)60-29-47(50)14-20-63(21-15-47)45(48(51,52)53)49(54,55)56/h3-4,6-7,9-11,16,22-24,27-28,30,32,39,45,60H,5,8,12-15,17-21,25-26,29H2,1-2H3,(H,57,59)(H,61,66)/t39-/m0/s1. The first-order valence-electron chi connectivity index (χ1n) is 23.9. The van der Waals surface area contributed by atoms with E-state index in [0.717, 1.165) is 50.8 Å². The summed E-state index contributed by atoms with van der Waals surface area (Å²) < 4.78 is 131. The summed E-state index contributed by atoms with van der Waals surface area (Å²) in [5.41, 5.74) is -0.278. The quantitative estimate of drug-likeness (QED) is 0.0545. The number of aromatic amines is 1. The minimum absolute atomic E-state index is 0.0426. The lowest BCUT2D eigenvalue weighted by atomic mass is 9.60. The van der Waals surface area contributed by atoms with E-state index in [2.05, 4.69) is 68.2 Å². The Morgan fingerprint density at radius 2 is 1.64 bits per heavy atom. The van der Waals surface area contributed by atoms with Gasteiger partial charge in [-0.2, -0.15) is 26.3 Å². The van der Waals surface area contributed by atoms with E-state index in [-0.39, 0.29) is 33.1 Å². The van der Waals surface area contributed by atoms with Crippen LogP contribution in [0.4, 0.5) is 47.9 Å². The molecule has 3 aromatic heterocycles. The minimum Gasteiger partial charge on any atom is -0.455 e. The Labute approximate surface area is 410 Å². The first-order chi connectivity index (χ1) is 34.0. The summed E-state index contributed by atoms with van der Waals surface area (Å²) >= 11 is 0. The van der Waals surface area contributed by atoms with Gasteiger partial charge >= 0.3 is 12.4 Å². The van der Waals surface area contributed by atoms with E-state index < -0.39 is 88.0 Å². The third-order valence-corrected chi connectivity index (χ3v) is 16.2. The van der Waals surface area contributed by atoms with Gasteiger partial charge in [-0.1, -0.05) is 38.1 Å². The fourth-order valence-corrected chi connectivity index (χ4v) is 12.1. The second-order valence-electron chi connectivity index (χ2n) is 19.9. The Morgan fingerprint density at radius 3 is 2.32 bits per heavy atom. The number of aromatic nitrogens is 3. The van der Waals surface area contributed by atoms with Gasteiger partial charge in [-0.15, -0.1) is 0 Å². The van der Waals surface area contributed by atoms with Crippen molar-refractivity contribution in [3.8, 4) is 11.5 Å². The van der Waals surface area contributed by atoms with Crippen LogP contribution in [0.15, 0.2) is 84.1 Å². The number of rotatable bonds is 14. The number of ether oxygens (including phenoxy) is 1. The molecule has 3 saturated heterocycles. The number of sulfonamides is 1. The number of alkyl halides is 7. The molecule has 3 aliphatic heterocycles. The predicted octanol–water partition coefficient (Wildman–Crippen LogP) is 10.2. The fraction of sp³-hybridized carbons (Fsp3) is 0.490. The van der Waals surface area contributed by atoms with Gasteiger partial charge in [0.05, 0.1) is 16.0 Å². The largest absolute Gasteiger partial charge is 0.455 e. The summed E-state index contributed by atoms with van der Waals surface area (Å²) in [5.74, 6) is -0.0436. The normalized spacial score (nSPS) is 20.0. The third-order valence-electron chi connectivity index (χ3n) is 14.9. The number of pyridine rings is 2. The summed E-state index contributed by atoms with van der Waals surface area (Å²) in [7, 11) is -4.86. The molecule has 1 atom stereocenters. The van der Waals surface area contributed by atoms with Crippen molar-refractivity contribution in [2.24, 2.45) is 5.41 Å². The smallest absolute Gasteiger partial charge is 0.412 e. The van der Waals surface area contributed by atoms with Crippen molar-refractivity contribution in [1.29, 1.82) is 0 Å². The van der Waals surface area contributed by atoms with Crippen molar-refractivity contribution in [2.45, 2.75) is 112 Å². The zero-order valence-electron chi connectivity index (χ0n) is 39.4. The fourth-order valence-electron chi connectivity index (χ4n) is 11.1. The Bertz CT molecular complexity index is 2920. The Morgan fingerprint density at radius 1 is 0.931 bits per heavy atom. The lowest BCUT2D eigenvalue weighted by Gasteiger charge is -2.56. The topological polar surface area (TPSA) is 179 Å². The van der Waals surface area contributed by atoms with E-state index in [1.165, 1.54) is 29.9 Å². The molecule has 4 aliphatic rings. The number of anilines is 2. The molecule has 1 spiro atoms. The number of carbonyl (C=O) groups is 1. The number of benzene rings is 2. The van der Waals surface area contributed by atoms with Gasteiger partial charge in [0.2, 0.25) is 6.04 Å². The maximum absolute atomic E-state index is 15.8. The zero-order chi connectivity index (χ0) is 51.4. The molecule has 6 heterocycles. The molecule has 0 bridgehead atoms. The predicted molar refractivity (Wildman–Crippen MR) is 253 cm³/mol. The maximum Gasteiger partial charge on any atom is 0.412 e. The Hall–Kier alpha value is -6.07. The molecule has 72 heavy (non-hydrogen) atoms. The van der Waals surface area contributed by atoms with Crippen LogP contribution in [0.25, 0.3) is 11.0 Å². The van der Waals surface area contributed by atoms with Crippen LogP contribution in [0, 0.1) is 15.5 Å². The molecule has 3 N–H and O–H groups in total. The molecule has 1 aliphatic carbocycles. The molecule has 1 saturated carbocycles. The van der Waals surface area contributed by atoms with Crippen molar-refractivity contribution < 1.29 is 53.6 Å². The molecule has 1 amide bonds. The van der Waals surface area contributed by atoms with E-state index in [9.17, 15) is 49.7 Å². The lowest BCUT2D eigenvalue weighted by molar-refractivity contribution is -0.384. The van der Waals surface area contributed by atoms with Gasteiger partial charge in [0.1, 0.15) is 39.9 Å². The summed E-state index contributed by atoms with van der Waals surface area (Å²) in [6.45, 7) is 4.39. The second kappa shape index (κ2) is 19.4. The number of nitro groups is 1. The van der Waals surface area contributed by atoms with E-state index in [4.69, 9.17) is 4.74 Å². The van der Waals surface area contributed by atoms with Gasteiger partial charge in [-0.25, -0.2) is 27.5 Å². The molecular formula is C49H54F7N9O6S. The van der Waals surface area contributed by atoms with E-state index in [1.807, 2.05) is 4.72 Å². The van der Waals surface area contributed by atoms with Gasteiger partial charge in [0, 0.05) is 74.7 Å². The number of likely N-dealkylation sites (tertiary alicyclic amines) is 2. The van der Waals surface area contributed by atoms with Crippen molar-refractivity contribution in [2.75, 3.05) is 49.5 Å². The molecule has 386 valence electrons. The van der Waals surface area contributed by atoms with Crippen LogP contribution in [0.1, 0.15) is 98.7 Å². The van der Waals surface area contributed by atoms with Crippen LogP contribution in [0.3, 0.4) is 0 Å². The van der Waals surface area contributed by atoms with Gasteiger partial charge in [-0.3, -0.25) is 24.7 Å². The molecule has 0 unspecified atom stereocenters. The molecule has 15 nitrogen and oxygen atoms in total. The first kappa shape index (κ1) is 50.9. The molecule has 23 heteroatoms. The highest BCUT2D eigenvalue weighted by atomic mass is 32.2. The maximum atomic E-state index is 15.8. The average molecular weight is 1030 g/mol. The highest BCUT2D eigenvalue weighted by Gasteiger charge is 2.60. The van der Waals surface area contributed by atoms with Gasteiger partial charge in [0.15, 0.2) is 0 Å². The number of nitro benzene ring substituents is 1. The molecule has 9 rings (SSSR count). The number of hydrogen-bond donors (Lipinski definition) is 3. The van der Waals surface area contributed by atoms with E-state index in [0.29, 0.717) is 54.0 Å². The first-order valence-corrected chi connectivity index (χ1v) is 25.4. The van der Waals surface area contributed by atoms with Crippen molar-refractivity contribution in [3.63, 3.8) is 0 Å². The minimum atomic E-state index is -5.65. The monoisotopic (exact) mass is 1030 g/mol. The third kappa shape index (κ3) is 10.5. The zero-order valence-corrected chi connectivity index (χ0v) is 40.2. The van der Waals surface area contributed by atoms with Crippen LogP contribution in [-0.2, 0) is 10.0 Å². The van der Waals surface area contributed by atoms with Gasteiger partial charge in [-0.05, 0) is 105 Å². The van der Waals surface area contributed by atoms with Gasteiger partial charge < -0.3 is 19.9 Å². The van der Waals surface area contributed by atoms with Crippen LogP contribution >= 0.6 is 0 Å². The van der Waals surface area contributed by atoms with Crippen molar-refractivity contribution in [3.05, 3.63) is 106 Å². The summed E-state index contributed by atoms with van der Waals surface area (Å²) in [6.07, 6.45) is -2.10. The lowest BCUT2D eigenvalue weighted by Crippen LogP contribution is -2.59. The second-order valence-corrected chi connectivity index (χ2v) is 21.5. The molecule has 5 aromatic rings. The number of carbonyl (C=O) groups excluding carboxylic acids is 1. The average Bonchev–Trinajstić information content (AvgIpc) is 4.00. The van der Waals surface area contributed by atoms with Gasteiger partial charge in [0.25, 0.3) is 21.6 Å². The highest BCUT2D eigenvalue weighted by molar-refractivity contribution is 7.90. The molecule has 4 fully saturated rings. The number of piperidine rings is 2. The summed E-state index contributed by atoms with van der Waals surface area (Å²) in [6, 6.07) is 13.4. The summed E-state index contributed by atoms with van der Waals surface area (Å²) in [5, 5.41) is 15.3. The summed E-state index contributed by atoms with van der Waals surface area (Å²) in [4.78, 5) is 41.3. The number of halogens is 7.